The van der Waals surface area contributed by atoms with Gasteiger partial charge >= 0.3 is 0 Å². The number of nitrogens with one attached hydrogen (secondary N) is 1. The minimum atomic E-state index is -0.0695. The van der Waals surface area contributed by atoms with Gasteiger partial charge in [-0.2, -0.15) is 0 Å². The molecule has 0 saturated heterocycles. The molecule has 4 heteroatoms. The summed E-state index contributed by atoms with van der Waals surface area (Å²) < 4.78 is 5.19. The van der Waals surface area contributed by atoms with Gasteiger partial charge in [-0.15, -0.1) is 0 Å². The van der Waals surface area contributed by atoms with E-state index < -0.39 is 0 Å². The lowest BCUT2D eigenvalue weighted by Gasteiger charge is -2.15. The highest BCUT2D eigenvalue weighted by atomic mass is 35.5. The second kappa shape index (κ2) is 7.14. The number of hydrogen-bond acceptors (Lipinski definition) is 2. The van der Waals surface area contributed by atoms with Crippen LogP contribution >= 0.6 is 11.6 Å². The highest BCUT2D eigenvalue weighted by Crippen LogP contribution is 2.19. The van der Waals surface area contributed by atoms with Crippen LogP contribution in [0.1, 0.15) is 24.1 Å². The molecule has 0 spiro atoms. The summed E-state index contributed by atoms with van der Waals surface area (Å²) in [4.78, 5) is 12.1. The fraction of sp³-hybridized carbons (Fsp3) is 0.235. The lowest BCUT2D eigenvalue weighted by atomic mass is 10.1. The fourth-order valence-corrected chi connectivity index (χ4v) is 2.20. The molecule has 0 heterocycles. The van der Waals surface area contributed by atoms with Gasteiger partial charge in [0.15, 0.2) is 0 Å². The van der Waals surface area contributed by atoms with Gasteiger partial charge < -0.3 is 10.1 Å². The second-order valence-electron chi connectivity index (χ2n) is 4.87. The predicted octanol–water partition coefficient (Wildman–Crippen LogP) is 3.77. The van der Waals surface area contributed by atoms with Gasteiger partial charge in [0, 0.05) is 5.02 Å². The molecule has 1 N–H and O–H groups in total. The van der Waals surface area contributed by atoms with Gasteiger partial charge in [0.2, 0.25) is 5.91 Å². The molecule has 0 aliphatic carbocycles. The van der Waals surface area contributed by atoms with E-state index >= 15 is 0 Å². The minimum Gasteiger partial charge on any atom is -0.497 e. The summed E-state index contributed by atoms with van der Waals surface area (Å²) in [6.07, 6.45) is 0.339. The summed E-state index contributed by atoms with van der Waals surface area (Å²) >= 11 is 5.83. The first kappa shape index (κ1) is 15.4. The third-order valence-corrected chi connectivity index (χ3v) is 3.50. The Morgan fingerprint density at radius 3 is 2.62 bits per heavy atom. The topological polar surface area (TPSA) is 38.3 Å². The maximum Gasteiger partial charge on any atom is 0.224 e. The molecule has 1 atom stereocenters. The van der Waals surface area contributed by atoms with Crippen molar-refractivity contribution in [2.24, 2.45) is 0 Å². The Labute approximate surface area is 129 Å². The summed E-state index contributed by atoms with van der Waals surface area (Å²) in [5.41, 5.74) is 1.95. The van der Waals surface area contributed by atoms with Crippen LogP contribution in [0.15, 0.2) is 48.5 Å². The number of hydrogen-bond donors (Lipinski definition) is 1. The molecular weight excluding hydrogens is 286 g/mol. The van der Waals surface area contributed by atoms with Crippen molar-refractivity contribution in [3.63, 3.8) is 0 Å². The maximum atomic E-state index is 12.1. The molecule has 110 valence electrons. The Kier molecular flexibility index (Phi) is 5.23. The van der Waals surface area contributed by atoms with Crippen LogP contribution in [0.25, 0.3) is 0 Å². The van der Waals surface area contributed by atoms with Gasteiger partial charge in [-0.25, -0.2) is 0 Å². The van der Waals surface area contributed by atoms with Crippen LogP contribution in [-0.2, 0) is 11.2 Å². The molecule has 21 heavy (non-hydrogen) atoms. The first-order valence-electron chi connectivity index (χ1n) is 6.76. The number of rotatable bonds is 5. The molecule has 0 fully saturated rings. The van der Waals surface area contributed by atoms with Crippen molar-refractivity contribution in [2.75, 3.05) is 7.11 Å². The lowest BCUT2D eigenvalue weighted by Crippen LogP contribution is -2.28. The Morgan fingerprint density at radius 2 is 1.95 bits per heavy atom. The summed E-state index contributed by atoms with van der Waals surface area (Å²) in [5.74, 6) is 0.763. The zero-order valence-corrected chi connectivity index (χ0v) is 12.9. The number of carbonyl (C=O) groups excluding carboxylic acids is 1. The standard InChI is InChI=1S/C17H18ClNO2/c1-12(14-4-3-5-16(11-14)21-2)19-17(20)10-13-6-8-15(18)9-7-13/h3-9,11-12H,10H2,1-2H3,(H,19,20). The smallest absolute Gasteiger partial charge is 0.224 e. The number of amides is 1. The lowest BCUT2D eigenvalue weighted by molar-refractivity contribution is -0.121. The van der Waals surface area contributed by atoms with E-state index in [0.717, 1.165) is 16.9 Å². The largest absolute Gasteiger partial charge is 0.497 e. The van der Waals surface area contributed by atoms with Gasteiger partial charge in [0.25, 0.3) is 0 Å². The van der Waals surface area contributed by atoms with Crippen molar-refractivity contribution in [3.05, 3.63) is 64.7 Å². The molecule has 0 radical (unpaired) electrons. The van der Waals surface area contributed by atoms with Crippen molar-refractivity contribution in [1.29, 1.82) is 0 Å². The fourth-order valence-electron chi connectivity index (χ4n) is 2.07. The average molecular weight is 304 g/mol. The van der Waals surface area contributed by atoms with Gasteiger partial charge in [-0.3, -0.25) is 4.79 Å². The van der Waals surface area contributed by atoms with Crippen LogP contribution in [-0.4, -0.2) is 13.0 Å². The van der Waals surface area contributed by atoms with E-state index in [1.807, 2.05) is 43.3 Å². The Bertz CT molecular complexity index is 610. The van der Waals surface area contributed by atoms with E-state index in [9.17, 15) is 4.79 Å². The third-order valence-electron chi connectivity index (χ3n) is 3.25. The maximum absolute atomic E-state index is 12.1. The zero-order chi connectivity index (χ0) is 15.2. The van der Waals surface area contributed by atoms with Gasteiger partial charge in [-0.05, 0) is 42.3 Å². The van der Waals surface area contributed by atoms with Crippen molar-refractivity contribution in [1.82, 2.24) is 5.32 Å². The highest BCUT2D eigenvalue weighted by Gasteiger charge is 2.10. The number of ether oxygens (including phenoxy) is 1. The molecule has 0 aliphatic rings. The Morgan fingerprint density at radius 1 is 1.24 bits per heavy atom. The zero-order valence-electron chi connectivity index (χ0n) is 12.1. The molecule has 3 nitrogen and oxygen atoms in total. The molecule has 2 rings (SSSR count). The van der Waals surface area contributed by atoms with E-state index in [1.165, 1.54) is 0 Å². The molecule has 1 amide bonds. The van der Waals surface area contributed by atoms with Crippen LogP contribution < -0.4 is 10.1 Å². The van der Waals surface area contributed by atoms with Gasteiger partial charge in [0.1, 0.15) is 5.75 Å². The first-order chi connectivity index (χ1) is 10.1. The van der Waals surface area contributed by atoms with E-state index in [0.29, 0.717) is 11.4 Å². The van der Waals surface area contributed by atoms with Crippen molar-refractivity contribution in [3.8, 4) is 5.75 Å². The molecule has 1 unspecified atom stereocenters. The number of benzene rings is 2. The molecule has 0 aliphatic heterocycles. The highest BCUT2D eigenvalue weighted by molar-refractivity contribution is 6.30. The van der Waals surface area contributed by atoms with Gasteiger partial charge in [0.05, 0.1) is 19.6 Å². The Hall–Kier alpha value is -2.00. The van der Waals surface area contributed by atoms with Crippen LogP contribution in [0.2, 0.25) is 5.02 Å². The van der Waals surface area contributed by atoms with Crippen LogP contribution in [0.5, 0.6) is 5.75 Å². The van der Waals surface area contributed by atoms with Crippen LogP contribution in [0.4, 0.5) is 0 Å². The number of carbonyl (C=O) groups is 1. The van der Waals surface area contributed by atoms with E-state index in [1.54, 1.807) is 19.2 Å². The summed E-state index contributed by atoms with van der Waals surface area (Å²) in [6, 6.07) is 14.9. The number of halogens is 1. The second-order valence-corrected chi connectivity index (χ2v) is 5.31. The van der Waals surface area contributed by atoms with Crippen molar-refractivity contribution in [2.45, 2.75) is 19.4 Å². The van der Waals surface area contributed by atoms with Crippen LogP contribution in [0.3, 0.4) is 0 Å². The molecule has 0 aromatic heterocycles. The van der Waals surface area contributed by atoms with E-state index in [-0.39, 0.29) is 11.9 Å². The Balaban J connectivity index is 1.96. The molecule has 2 aromatic rings. The van der Waals surface area contributed by atoms with Crippen molar-refractivity contribution >= 4 is 17.5 Å². The summed E-state index contributed by atoms with van der Waals surface area (Å²) in [5, 5.41) is 3.65. The predicted molar refractivity (Wildman–Crippen MR) is 84.7 cm³/mol. The first-order valence-corrected chi connectivity index (χ1v) is 7.14. The van der Waals surface area contributed by atoms with Crippen molar-refractivity contribution < 1.29 is 9.53 Å². The van der Waals surface area contributed by atoms with E-state index in [2.05, 4.69) is 5.32 Å². The normalized spacial score (nSPS) is 11.8. The van der Waals surface area contributed by atoms with Gasteiger partial charge in [-0.1, -0.05) is 35.9 Å². The summed E-state index contributed by atoms with van der Waals surface area (Å²) in [6.45, 7) is 1.95. The molecule has 2 aromatic carbocycles. The SMILES string of the molecule is COc1cccc(C(C)NC(=O)Cc2ccc(Cl)cc2)c1. The van der Waals surface area contributed by atoms with Crippen LogP contribution in [0, 0.1) is 0 Å². The molecule has 0 saturated carbocycles. The number of methoxy groups -OCH3 is 1. The van der Waals surface area contributed by atoms with E-state index in [4.69, 9.17) is 16.3 Å². The minimum absolute atomic E-state index is 0.0207. The quantitative estimate of drug-likeness (QED) is 0.913. The molecule has 0 bridgehead atoms. The molecular formula is C17H18ClNO2. The average Bonchev–Trinajstić information content (AvgIpc) is 2.49. The monoisotopic (exact) mass is 303 g/mol. The summed E-state index contributed by atoms with van der Waals surface area (Å²) in [7, 11) is 1.63. The third kappa shape index (κ3) is 4.50.